The number of hydrogen-bond acceptors (Lipinski definition) is 4. The molecular weight excluding hydrogens is 300 g/mol. The van der Waals surface area contributed by atoms with Crippen LogP contribution in [0.1, 0.15) is 11.3 Å². The minimum atomic E-state index is 0.529. The third-order valence-corrected chi connectivity index (χ3v) is 4.52. The van der Waals surface area contributed by atoms with E-state index in [-0.39, 0.29) is 0 Å². The predicted octanol–water partition coefficient (Wildman–Crippen LogP) is 2.32. The van der Waals surface area contributed by atoms with E-state index in [1.807, 2.05) is 11.3 Å². The standard InChI is InChI=1S/C12H19BrN2OS/c1-15(8-11-2-3-12(13)17-11)6-4-10-9-16-7-5-14-10/h2-3,10,14H,4-9H2,1H3. The van der Waals surface area contributed by atoms with Gasteiger partial charge in [-0.25, -0.2) is 0 Å². The van der Waals surface area contributed by atoms with Gasteiger partial charge in [0.2, 0.25) is 0 Å². The number of halogens is 1. The molecular formula is C12H19BrN2OS. The van der Waals surface area contributed by atoms with E-state index in [1.165, 1.54) is 8.66 Å². The lowest BCUT2D eigenvalue weighted by atomic mass is 10.2. The molecule has 1 aliphatic rings. The zero-order valence-electron chi connectivity index (χ0n) is 10.1. The summed E-state index contributed by atoms with van der Waals surface area (Å²) in [6.07, 6.45) is 1.16. The molecule has 1 saturated heterocycles. The van der Waals surface area contributed by atoms with Crippen molar-refractivity contribution in [3.63, 3.8) is 0 Å². The molecule has 1 unspecified atom stereocenters. The van der Waals surface area contributed by atoms with Crippen molar-refractivity contribution in [2.45, 2.75) is 19.0 Å². The van der Waals surface area contributed by atoms with Crippen molar-refractivity contribution in [1.29, 1.82) is 0 Å². The summed E-state index contributed by atoms with van der Waals surface area (Å²) >= 11 is 5.31. The molecule has 1 aromatic rings. The fraction of sp³-hybridized carbons (Fsp3) is 0.667. The van der Waals surface area contributed by atoms with E-state index in [1.54, 1.807) is 0 Å². The molecule has 0 aromatic carbocycles. The molecule has 1 fully saturated rings. The Balaban J connectivity index is 1.68. The maximum absolute atomic E-state index is 5.45. The van der Waals surface area contributed by atoms with Crippen LogP contribution in [0.2, 0.25) is 0 Å². The molecule has 2 heterocycles. The van der Waals surface area contributed by atoms with Crippen LogP contribution in [0.25, 0.3) is 0 Å². The lowest BCUT2D eigenvalue weighted by molar-refractivity contribution is 0.0708. The molecule has 5 heteroatoms. The molecule has 0 spiro atoms. The lowest BCUT2D eigenvalue weighted by Gasteiger charge is -2.25. The summed E-state index contributed by atoms with van der Waals surface area (Å²) < 4.78 is 6.66. The number of rotatable bonds is 5. The number of thiophene rings is 1. The van der Waals surface area contributed by atoms with Gasteiger partial charge in [0.15, 0.2) is 0 Å². The number of nitrogens with zero attached hydrogens (tertiary/aromatic N) is 1. The normalized spacial score (nSPS) is 21.0. The van der Waals surface area contributed by atoms with Crippen LogP contribution < -0.4 is 5.32 Å². The molecule has 0 bridgehead atoms. The number of ether oxygens (including phenoxy) is 1. The largest absolute Gasteiger partial charge is 0.379 e. The summed E-state index contributed by atoms with van der Waals surface area (Å²) in [5.74, 6) is 0. The first-order chi connectivity index (χ1) is 8.24. The first-order valence-electron chi connectivity index (χ1n) is 5.98. The fourth-order valence-electron chi connectivity index (χ4n) is 1.96. The summed E-state index contributed by atoms with van der Waals surface area (Å²) in [6.45, 7) is 4.85. The second kappa shape index (κ2) is 6.85. The van der Waals surface area contributed by atoms with Gasteiger partial charge < -0.3 is 15.0 Å². The maximum Gasteiger partial charge on any atom is 0.0701 e. The SMILES string of the molecule is CN(CCC1COCCN1)Cc1ccc(Br)s1. The van der Waals surface area contributed by atoms with Gasteiger partial charge in [-0.05, 0) is 48.1 Å². The summed E-state index contributed by atoms with van der Waals surface area (Å²) in [4.78, 5) is 3.78. The third-order valence-electron chi connectivity index (χ3n) is 2.91. The second-order valence-electron chi connectivity index (χ2n) is 4.46. The first-order valence-corrected chi connectivity index (χ1v) is 7.59. The Labute approximate surface area is 115 Å². The van der Waals surface area contributed by atoms with E-state index >= 15 is 0 Å². The van der Waals surface area contributed by atoms with Gasteiger partial charge in [-0.1, -0.05) is 0 Å². The van der Waals surface area contributed by atoms with Crippen molar-refractivity contribution in [3.8, 4) is 0 Å². The fourth-order valence-corrected chi connectivity index (χ4v) is 3.53. The average molecular weight is 319 g/mol. The third kappa shape index (κ3) is 4.67. The molecule has 0 aliphatic carbocycles. The monoisotopic (exact) mass is 318 g/mol. The first kappa shape index (κ1) is 13.5. The van der Waals surface area contributed by atoms with E-state index in [9.17, 15) is 0 Å². The zero-order chi connectivity index (χ0) is 12.1. The molecule has 2 rings (SSSR count). The zero-order valence-corrected chi connectivity index (χ0v) is 12.5. The van der Waals surface area contributed by atoms with Crippen LogP contribution in [0, 0.1) is 0 Å². The highest BCUT2D eigenvalue weighted by Gasteiger charge is 2.13. The Kier molecular flexibility index (Phi) is 5.44. The Bertz CT molecular complexity index is 339. The van der Waals surface area contributed by atoms with Crippen molar-refractivity contribution in [3.05, 3.63) is 20.8 Å². The number of morpholine rings is 1. The smallest absolute Gasteiger partial charge is 0.0701 e. The van der Waals surface area contributed by atoms with Crippen LogP contribution in [-0.4, -0.2) is 44.3 Å². The van der Waals surface area contributed by atoms with E-state index in [0.717, 1.165) is 39.3 Å². The second-order valence-corrected chi connectivity index (χ2v) is 7.01. The highest BCUT2D eigenvalue weighted by Crippen LogP contribution is 2.23. The maximum atomic E-state index is 5.45. The minimum absolute atomic E-state index is 0.529. The molecule has 1 aliphatic heterocycles. The van der Waals surface area contributed by atoms with Gasteiger partial charge in [-0.15, -0.1) is 11.3 Å². The van der Waals surface area contributed by atoms with Gasteiger partial charge in [0, 0.05) is 24.0 Å². The van der Waals surface area contributed by atoms with Gasteiger partial charge in [0.25, 0.3) is 0 Å². The molecule has 17 heavy (non-hydrogen) atoms. The van der Waals surface area contributed by atoms with E-state index in [0.29, 0.717) is 6.04 Å². The quantitative estimate of drug-likeness (QED) is 0.901. The summed E-state index contributed by atoms with van der Waals surface area (Å²) in [5.41, 5.74) is 0. The average Bonchev–Trinajstić information content (AvgIpc) is 2.73. The summed E-state index contributed by atoms with van der Waals surface area (Å²) in [6, 6.07) is 4.83. The Morgan fingerprint density at radius 1 is 1.59 bits per heavy atom. The van der Waals surface area contributed by atoms with Crippen LogP contribution in [0.15, 0.2) is 15.9 Å². The molecule has 96 valence electrons. The Morgan fingerprint density at radius 3 is 3.12 bits per heavy atom. The molecule has 1 aromatic heterocycles. The summed E-state index contributed by atoms with van der Waals surface area (Å²) in [7, 11) is 2.18. The molecule has 3 nitrogen and oxygen atoms in total. The van der Waals surface area contributed by atoms with Crippen LogP contribution in [-0.2, 0) is 11.3 Å². The van der Waals surface area contributed by atoms with Crippen LogP contribution in [0.3, 0.4) is 0 Å². The Morgan fingerprint density at radius 2 is 2.47 bits per heavy atom. The molecule has 1 N–H and O–H groups in total. The molecule has 0 radical (unpaired) electrons. The van der Waals surface area contributed by atoms with Crippen LogP contribution in [0.5, 0.6) is 0 Å². The predicted molar refractivity (Wildman–Crippen MR) is 75.6 cm³/mol. The molecule has 1 atom stereocenters. The lowest BCUT2D eigenvalue weighted by Crippen LogP contribution is -2.42. The van der Waals surface area contributed by atoms with Crippen molar-refractivity contribution < 1.29 is 4.74 Å². The van der Waals surface area contributed by atoms with Crippen molar-refractivity contribution in [2.24, 2.45) is 0 Å². The van der Waals surface area contributed by atoms with E-state index in [2.05, 4.69) is 45.3 Å². The van der Waals surface area contributed by atoms with Gasteiger partial charge in [0.1, 0.15) is 0 Å². The molecule has 0 saturated carbocycles. The highest BCUT2D eigenvalue weighted by atomic mass is 79.9. The minimum Gasteiger partial charge on any atom is -0.379 e. The molecule has 0 amide bonds. The van der Waals surface area contributed by atoms with Gasteiger partial charge >= 0.3 is 0 Å². The van der Waals surface area contributed by atoms with E-state index in [4.69, 9.17) is 4.74 Å². The number of nitrogens with one attached hydrogen (secondary N) is 1. The van der Waals surface area contributed by atoms with Gasteiger partial charge in [0.05, 0.1) is 17.0 Å². The van der Waals surface area contributed by atoms with Crippen LogP contribution in [0.4, 0.5) is 0 Å². The number of hydrogen-bond donors (Lipinski definition) is 1. The highest BCUT2D eigenvalue weighted by molar-refractivity contribution is 9.11. The van der Waals surface area contributed by atoms with Gasteiger partial charge in [-0.3, -0.25) is 0 Å². The van der Waals surface area contributed by atoms with E-state index < -0.39 is 0 Å². The summed E-state index contributed by atoms with van der Waals surface area (Å²) in [5, 5.41) is 3.49. The van der Waals surface area contributed by atoms with Crippen LogP contribution >= 0.6 is 27.3 Å². The van der Waals surface area contributed by atoms with Crippen molar-refractivity contribution in [2.75, 3.05) is 33.4 Å². The topological polar surface area (TPSA) is 24.5 Å². The Hall–Kier alpha value is 0.0600. The van der Waals surface area contributed by atoms with Gasteiger partial charge in [-0.2, -0.15) is 0 Å². The van der Waals surface area contributed by atoms with Crippen molar-refractivity contribution in [1.82, 2.24) is 10.2 Å². The van der Waals surface area contributed by atoms with Crippen molar-refractivity contribution >= 4 is 27.3 Å².